The minimum Gasteiger partial charge on any atom is -0.497 e. The van der Waals surface area contributed by atoms with Gasteiger partial charge in [-0.05, 0) is 24.1 Å². The van der Waals surface area contributed by atoms with Crippen molar-refractivity contribution in [1.82, 2.24) is 0 Å². The second-order valence-corrected chi connectivity index (χ2v) is 3.89. The van der Waals surface area contributed by atoms with Crippen LogP contribution in [0.25, 0.3) is 0 Å². The number of carbonyl (C=O) groups excluding carboxylic acids is 1. The Morgan fingerprint density at radius 2 is 2.19 bits per heavy atom. The number of hydrogen-bond donors (Lipinski definition) is 1. The molecular formula is C12H15NO3. The Bertz CT molecular complexity index is 429. The number of benzene rings is 1. The molecule has 0 radical (unpaired) electrons. The van der Waals surface area contributed by atoms with Gasteiger partial charge in [0.25, 0.3) is 0 Å². The van der Waals surface area contributed by atoms with Crippen molar-refractivity contribution in [1.29, 1.82) is 0 Å². The van der Waals surface area contributed by atoms with Gasteiger partial charge in [0, 0.05) is 18.2 Å². The normalized spacial score (nSPS) is 17.6. The van der Waals surface area contributed by atoms with E-state index in [0.29, 0.717) is 6.42 Å². The van der Waals surface area contributed by atoms with Gasteiger partial charge in [-0.2, -0.15) is 0 Å². The second-order valence-electron chi connectivity index (χ2n) is 3.89. The van der Waals surface area contributed by atoms with Crippen molar-refractivity contribution in [3.05, 3.63) is 23.3 Å². The first-order valence-corrected chi connectivity index (χ1v) is 5.17. The summed E-state index contributed by atoms with van der Waals surface area (Å²) in [5.41, 5.74) is 3.26. The van der Waals surface area contributed by atoms with Crippen LogP contribution in [-0.2, 0) is 16.0 Å². The third-order valence-electron chi connectivity index (χ3n) is 2.91. The number of methoxy groups -OCH3 is 2. The van der Waals surface area contributed by atoms with E-state index in [4.69, 9.17) is 9.47 Å². The zero-order chi connectivity index (χ0) is 11.7. The smallest absolute Gasteiger partial charge is 0.328 e. The fourth-order valence-corrected chi connectivity index (χ4v) is 2.03. The van der Waals surface area contributed by atoms with E-state index in [-0.39, 0.29) is 12.0 Å². The molecule has 1 aromatic rings. The first-order chi connectivity index (χ1) is 7.65. The van der Waals surface area contributed by atoms with E-state index < -0.39 is 0 Å². The predicted octanol–water partition coefficient (Wildman–Crippen LogP) is 1.51. The molecule has 1 aliphatic heterocycles. The van der Waals surface area contributed by atoms with Gasteiger partial charge in [0.2, 0.25) is 0 Å². The number of anilines is 1. The van der Waals surface area contributed by atoms with E-state index in [0.717, 1.165) is 22.6 Å². The molecule has 0 spiro atoms. The van der Waals surface area contributed by atoms with Gasteiger partial charge in [-0.15, -0.1) is 0 Å². The zero-order valence-electron chi connectivity index (χ0n) is 9.66. The van der Waals surface area contributed by atoms with Crippen LogP contribution in [-0.4, -0.2) is 26.2 Å². The third-order valence-corrected chi connectivity index (χ3v) is 2.91. The van der Waals surface area contributed by atoms with Gasteiger partial charge in [-0.1, -0.05) is 0 Å². The molecule has 0 saturated carbocycles. The van der Waals surface area contributed by atoms with E-state index in [1.54, 1.807) is 7.11 Å². The summed E-state index contributed by atoms with van der Waals surface area (Å²) in [4.78, 5) is 11.4. The lowest BCUT2D eigenvalue weighted by Gasteiger charge is -2.08. The molecule has 1 unspecified atom stereocenters. The molecule has 1 atom stereocenters. The summed E-state index contributed by atoms with van der Waals surface area (Å²) in [7, 11) is 3.04. The summed E-state index contributed by atoms with van der Waals surface area (Å²) >= 11 is 0. The molecule has 1 aliphatic rings. The fourth-order valence-electron chi connectivity index (χ4n) is 2.03. The SMILES string of the molecule is COC(=O)C1Cc2c(C)cc(OC)cc2N1. The molecule has 4 heteroatoms. The van der Waals surface area contributed by atoms with Gasteiger partial charge in [0.1, 0.15) is 11.8 Å². The molecule has 1 N–H and O–H groups in total. The van der Waals surface area contributed by atoms with Crippen molar-refractivity contribution in [2.75, 3.05) is 19.5 Å². The first kappa shape index (κ1) is 10.8. The van der Waals surface area contributed by atoms with E-state index in [1.165, 1.54) is 7.11 Å². The fraction of sp³-hybridized carbons (Fsp3) is 0.417. The van der Waals surface area contributed by atoms with Gasteiger partial charge >= 0.3 is 5.97 Å². The van der Waals surface area contributed by atoms with Crippen molar-refractivity contribution in [3.63, 3.8) is 0 Å². The van der Waals surface area contributed by atoms with Gasteiger partial charge < -0.3 is 14.8 Å². The Hall–Kier alpha value is -1.71. The number of esters is 1. The minimum absolute atomic E-state index is 0.227. The molecule has 1 aromatic carbocycles. The highest BCUT2D eigenvalue weighted by atomic mass is 16.5. The van der Waals surface area contributed by atoms with Crippen LogP contribution in [0.2, 0.25) is 0 Å². The summed E-state index contributed by atoms with van der Waals surface area (Å²) in [6.45, 7) is 2.02. The van der Waals surface area contributed by atoms with Crippen LogP contribution in [0.1, 0.15) is 11.1 Å². The van der Waals surface area contributed by atoms with Crippen molar-refractivity contribution >= 4 is 11.7 Å². The van der Waals surface area contributed by atoms with E-state index in [2.05, 4.69) is 5.32 Å². The number of ether oxygens (including phenoxy) is 2. The molecule has 0 saturated heterocycles. The Balaban J connectivity index is 2.30. The van der Waals surface area contributed by atoms with E-state index in [1.807, 2.05) is 19.1 Å². The quantitative estimate of drug-likeness (QED) is 0.769. The Morgan fingerprint density at radius 3 is 2.81 bits per heavy atom. The number of rotatable bonds is 2. The van der Waals surface area contributed by atoms with E-state index >= 15 is 0 Å². The maximum atomic E-state index is 11.4. The summed E-state index contributed by atoms with van der Waals surface area (Å²) < 4.78 is 9.92. The molecule has 0 bridgehead atoms. The summed E-state index contributed by atoms with van der Waals surface area (Å²) in [5.74, 6) is 0.573. The third kappa shape index (κ3) is 1.71. The lowest BCUT2D eigenvalue weighted by molar-refractivity contribution is -0.141. The summed E-state index contributed by atoms with van der Waals surface area (Å²) in [6, 6.07) is 3.61. The number of nitrogens with one attached hydrogen (secondary N) is 1. The van der Waals surface area contributed by atoms with Gasteiger partial charge in [0.05, 0.1) is 14.2 Å². The lowest BCUT2D eigenvalue weighted by atomic mass is 10.0. The summed E-state index contributed by atoms with van der Waals surface area (Å²) in [5, 5.41) is 3.15. The van der Waals surface area contributed by atoms with Crippen molar-refractivity contribution < 1.29 is 14.3 Å². The molecular weight excluding hydrogens is 206 g/mol. The molecule has 4 nitrogen and oxygen atoms in total. The maximum absolute atomic E-state index is 11.4. The van der Waals surface area contributed by atoms with Gasteiger partial charge in [0.15, 0.2) is 0 Å². The minimum atomic E-state index is -0.272. The Morgan fingerprint density at radius 1 is 1.44 bits per heavy atom. The Kier molecular flexibility index (Phi) is 2.73. The predicted molar refractivity (Wildman–Crippen MR) is 60.9 cm³/mol. The van der Waals surface area contributed by atoms with Crippen LogP contribution in [0.3, 0.4) is 0 Å². The Labute approximate surface area is 94.6 Å². The monoisotopic (exact) mass is 221 g/mol. The van der Waals surface area contributed by atoms with Crippen molar-refractivity contribution in [3.8, 4) is 5.75 Å². The number of hydrogen-bond acceptors (Lipinski definition) is 4. The molecule has 0 aromatic heterocycles. The standard InChI is InChI=1S/C12H15NO3/c1-7-4-8(15-2)5-10-9(7)6-11(13-10)12(14)16-3/h4-5,11,13H,6H2,1-3H3. The highest BCUT2D eigenvalue weighted by molar-refractivity contribution is 5.83. The number of fused-ring (bicyclic) bond motifs is 1. The highest BCUT2D eigenvalue weighted by Gasteiger charge is 2.28. The zero-order valence-corrected chi connectivity index (χ0v) is 9.66. The molecule has 0 aliphatic carbocycles. The van der Waals surface area contributed by atoms with Gasteiger partial charge in [-0.3, -0.25) is 0 Å². The van der Waals surface area contributed by atoms with Crippen molar-refractivity contribution in [2.45, 2.75) is 19.4 Å². The average molecular weight is 221 g/mol. The lowest BCUT2D eigenvalue weighted by Crippen LogP contribution is -2.27. The largest absolute Gasteiger partial charge is 0.497 e. The number of carbonyl (C=O) groups is 1. The highest BCUT2D eigenvalue weighted by Crippen LogP contribution is 2.33. The molecule has 1 heterocycles. The molecule has 0 amide bonds. The number of aryl methyl sites for hydroxylation is 1. The van der Waals surface area contributed by atoms with Crippen LogP contribution in [0.4, 0.5) is 5.69 Å². The molecule has 16 heavy (non-hydrogen) atoms. The first-order valence-electron chi connectivity index (χ1n) is 5.17. The van der Waals surface area contributed by atoms with Crippen LogP contribution < -0.4 is 10.1 Å². The second kappa shape index (κ2) is 4.04. The maximum Gasteiger partial charge on any atom is 0.328 e. The van der Waals surface area contributed by atoms with Crippen LogP contribution in [0, 0.1) is 6.92 Å². The van der Waals surface area contributed by atoms with Gasteiger partial charge in [-0.25, -0.2) is 4.79 Å². The van der Waals surface area contributed by atoms with Crippen LogP contribution in [0.5, 0.6) is 5.75 Å². The molecule has 0 fully saturated rings. The molecule has 86 valence electrons. The van der Waals surface area contributed by atoms with Crippen LogP contribution in [0.15, 0.2) is 12.1 Å². The van der Waals surface area contributed by atoms with Crippen LogP contribution >= 0.6 is 0 Å². The molecule has 2 rings (SSSR count). The van der Waals surface area contributed by atoms with Crippen molar-refractivity contribution in [2.24, 2.45) is 0 Å². The average Bonchev–Trinajstić information content (AvgIpc) is 2.72. The van der Waals surface area contributed by atoms with E-state index in [9.17, 15) is 4.79 Å². The topological polar surface area (TPSA) is 47.6 Å². The summed E-state index contributed by atoms with van der Waals surface area (Å²) in [6.07, 6.45) is 0.678.